The van der Waals surface area contributed by atoms with Gasteiger partial charge in [-0.3, -0.25) is 4.79 Å². The van der Waals surface area contributed by atoms with Crippen LogP contribution in [0.3, 0.4) is 0 Å². The van der Waals surface area contributed by atoms with Gasteiger partial charge in [-0.1, -0.05) is 6.07 Å². The van der Waals surface area contributed by atoms with Crippen LogP contribution in [0.2, 0.25) is 0 Å². The largest absolute Gasteiger partial charge is 0.489 e. The summed E-state index contributed by atoms with van der Waals surface area (Å²) in [5, 5.41) is 10.5. The number of nitrogen functional groups attached to an aromatic ring is 1. The van der Waals surface area contributed by atoms with Crippen molar-refractivity contribution in [3.63, 3.8) is 0 Å². The van der Waals surface area contributed by atoms with Crippen LogP contribution in [0, 0.1) is 0 Å². The zero-order chi connectivity index (χ0) is 13.0. The van der Waals surface area contributed by atoms with E-state index in [1.165, 1.54) is 11.3 Å². The van der Waals surface area contributed by atoms with Gasteiger partial charge in [-0.25, -0.2) is 0 Å². The van der Waals surface area contributed by atoms with Crippen molar-refractivity contribution in [2.45, 2.75) is 0 Å². The lowest BCUT2D eigenvalue weighted by molar-refractivity contribution is 0.104. The summed E-state index contributed by atoms with van der Waals surface area (Å²) in [6.07, 6.45) is 0. The molecule has 0 aliphatic heterocycles. The SMILES string of the molecule is Nc1cc(C(=O)c2cccs2)ccc1OCCO. The van der Waals surface area contributed by atoms with E-state index in [-0.39, 0.29) is 19.0 Å². The number of hydrogen-bond donors (Lipinski definition) is 2. The zero-order valence-electron chi connectivity index (χ0n) is 9.63. The molecule has 1 aromatic heterocycles. The van der Waals surface area contributed by atoms with Crippen molar-refractivity contribution in [2.75, 3.05) is 18.9 Å². The molecule has 0 spiro atoms. The van der Waals surface area contributed by atoms with Crippen molar-refractivity contribution in [3.05, 3.63) is 46.2 Å². The standard InChI is InChI=1S/C13H13NO3S/c14-10-8-9(3-4-11(10)17-6-5-15)13(16)12-2-1-7-18-12/h1-4,7-8,15H,5-6,14H2. The van der Waals surface area contributed by atoms with E-state index in [2.05, 4.69) is 0 Å². The second-order valence-corrected chi connectivity index (χ2v) is 4.58. The van der Waals surface area contributed by atoms with Gasteiger partial charge in [-0.2, -0.15) is 0 Å². The van der Waals surface area contributed by atoms with Gasteiger partial charge in [0.2, 0.25) is 5.78 Å². The number of ether oxygens (including phenoxy) is 1. The van der Waals surface area contributed by atoms with E-state index in [0.717, 1.165) is 0 Å². The number of carbonyl (C=O) groups excluding carboxylic acids is 1. The van der Waals surface area contributed by atoms with Crippen LogP contribution in [0.25, 0.3) is 0 Å². The highest BCUT2D eigenvalue weighted by molar-refractivity contribution is 7.12. The van der Waals surface area contributed by atoms with Gasteiger partial charge in [-0.15, -0.1) is 11.3 Å². The molecule has 0 radical (unpaired) electrons. The van der Waals surface area contributed by atoms with E-state index in [9.17, 15) is 4.79 Å². The Kier molecular flexibility index (Phi) is 3.96. The van der Waals surface area contributed by atoms with Crippen molar-refractivity contribution in [2.24, 2.45) is 0 Å². The lowest BCUT2D eigenvalue weighted by atomic mass is 10.1. The van der Waals surface area contributed by atoms with Crippen LogP contribution in [0.4, 0.5) is 5.69 Å². The number of nitrogens with two attached hydrogens (primary N) is 1. The number of benzene rings is 1. The smallest absolute Gasteiger partial charge is 0.203 e. The van der Waals surface area contributed by atoms with Gasteiger partial charge in [0.1, 0.15) is 12.4 Å². The molecule has 0 bridgehead atoms. The van der Waals surface area contributed by atoms with Crippen LogP contribution in [0.15, 0.2) is 35.7 Å². The second-order valence-electron chi connectivity index (χ2n) is 3.63. The van der Waals surface area contributed by atoms with Gasteiger partial charge < -0.3 is 15.6 Å². The maximum atomic E-state index is 12.1. The summed E-state index contributed by atoms with van der Waals surface area (Å²) >= 11 is 1.40. The molecule has 18 heavy (non-hydrogen) atoms. The molecule has 0 aliphatic rings. The van der Waals surface area contributed by atoms with Crippen molar-refractivity contribution >= 4 is 22.8 Å². The molecule has 4 nitrogen and oxygen atoms in total. The summed E-state index contributed by atoms with van der Waals surface area (Å²) < 4.78 is 5.23. The zero-order valence-corrected chi connectivity index (χ0v) is 10.4. The molecule has 94 valence electrons. The number of aliphatic hydroxyl groups is 1. The van der Waals surface area contributed by atoms with Gasteiger partial charge >= 0.3 is 0 Å². The normalized spacial score (nSPS) is 10.3. The number of anilines is 1. The molecule has 2 aromatic rings. The Morgan fingerprint density at radius 1 is 1.39 bits per heavy atom. The monoisotopic (exact) mass is 263 g/mol. The van der Waals surface area contributed by atoms with Crippen molar-refractivity contribution in [1.82, 2.24) is 0 Å². The number of rotatable bonds is 5. The quantitative estimate of drug-likeness (QED) is 0.638. The van der Waals surface area contributed by atoms with E-state index in [1.807, 2.05) is 11.4 Å². The molecule has 0 saturated carbocycles. The van der Waals surface area contributed by atoms with E-state index in [0.29, 0.717) is 21.9 Å². The third-order valence-corrected chi connectivity index (χ3v) is 3.23. The molecule has 5 heteroatoms. The highest BCUT2D eigenvalue weighted by atomic mass is 32.1. The first-order chi connectivity index (χ1) is 8.72. The van der Waals surface area contributed by atoms with Gasteiger partial charge in [0.15, 0.2) is 0 Å². The highest BCUT2D eigenvalue weighted by Crippen LogP contribution is 2.24. The van der Waals surface area contributed by atoms with E-state index < -0.39 is 0 Å². The van der Waals surface area contributed by atoms with Gasteiger partial charge in [0.25, 0.3) is 0 Å². The molecule has 3 N–H and O–H groups in total. The second kappa shape index (κ2) is 5.66. The van der Waals surface area contributed by atoms with Crippen molar-refractivity contribution < 1.29 is 14.6 Å². The van der Waals surface area contributed by atoms with E-state index in [1.54, 1.807) is 24.3 Å². The molecule has 2 rings (SSSR count). The minimum absolute atomic E-state index is 0.0505. The Morgan fingerprint density at radius 2 is 2.22 bits per heavy atom. The molecule has 0 fully saturated rings. The number of ketones is 1. The number of thiophene rings is 1. The van der Waals surface area contributed by atoms with Crippen LogP contribution >= 0.6 is 11.3 Å². The Labute approximate surface area is 109 Å². The van der Waals surface area contributed by atoms with Gasteiger partial charge in [0, 0.05) is 5.56 Å². The van der Waals surface area contributed by atoms with E-state index in [4.69, 9.17) is 15.6 Å². The van der Waals surface area contributed by atoms with Crippen molar-refractivity contribution in [1.29, 1.82) is 0 Å². The topological polar surface area (TPSA) is 72.6 Å². The average Bonchev–Trinajstić information content (AvgIpc) is 2.90. The molecule has 0 aliphatic carbocycles. The lowest BCUT2D eigenvalue weighted by Crippen LogP contribution is -2.05. The molecular weight excluding hydrogens is 250 g/mol. The fourth-order valence-corrected chi connectivity index (χ4v) is 2.21. The first kappa shape index (κ1) is 12.6. The molecule has 0 atom stereocenters. The third-order valence-electron chi connectivity index (χ3n) is 2.37. The van der Waals surface area contributed by atoms with Crippen LogP contribution in [0.1, 0.15) is 15.2 Å². The first-order valence-corrected chi connectivity index (χ1v) is 6.31. The molecule has 0 amide bonds. The van der Waals surface area contributed by atoms with Crippen LogP contribution in [0.5, 0.6) is 5.75 Å². The maximum absolute atomic E-state index is 12.1. The highest BCUT2D eigenvalue weighted by Gasteiger charge is 2.11. The maximum Gasteiger partial charge on any atom is 0.203 e. The summed E-state index contributed by atoms with van der Waals surface area (Å²) in [7, 11) is 0. The Balaban J connectivity index is 2.21. The van der Waals surface area contributed by atoms with Crippen molar-refractivity contribution in [3.8, 4) is 5.75 Å². The Hall–Kier alpha value is -1.85. The lowest BCUT2D eigenvalue weighted by Gasteiger charge is -2.08. The molecule has 0 saturated heterocycles. The fraction of sp³-hybridized carbons (Fsp3) is 0.154. The fourth-order valence-electron chi connectivity index (χ4n) is 1.53. The Morgan fingerprint density at radius 3 is 2.83 bits per heavy atom. The number of aliphatic hydroxyl groups excluding tert-OH is 1. The summed E-state index contributed by atoms with van der Waals surface area (Å²) in [4.78, 5) is 12.7. The van der Waals surface area contributed by atoms with E-state index >= 15 is 0 Å². The molecule has 1 heterocycles. The summed E-state index contributed by atoms with van der Waals surface area (Å²) in [5.74, 6) is 0.428. The third kappa shape index (κ3) is 2.69. The summed E-state index contributed by atoms with van der Waals surface area (Å²) in [5.41, 5.74) is 6.73. The van der Waals surface area contributed by atoms with Crippen LogP contribution < -0.4 is 10.5 Å². The van der Waals surface area contributed by atoms with Gasteiger partial charge in [0.05, 0.1) is 17.2 Å². The number of hydrogen-bond acceptors (Lipinski definition) is 5. The first-order valence-electron chi connectivity index (χ1n) is 5.44. The van der Waals surface area contributed by atoms with Gasteiger partial charge in [-0.05, 0) is 29.6 Å². The average molecular weight is 263 g/mol. The van der Waals surface area contributed by atoms with Crippen LogP contribution in [-0.2, 0) is 0 Å². The summed E-state index contributed by atoms with van der Waals surface area (Å²) in [6, 6.07) is 8.52. The molecular formula is C13H13NO3S. The predicted molar refractivity (Wildman–Crippen MR) is 71.2 cm³/mol. The number of carbonyl (C=O) groups is 1. The molecule has 0 unspecified atom stereocenters. The van der Waals surface area contributed by atoms with Crippen LogP contribution in [-0.4, -0.2) is 24.1 Å². The summed E-state index contributed by atoms with van der Waals surface area (Å²) in [6.45, 7) is 0.109. The predicted octanol–water partition coefficient (Wildman–Crippen LogP) is 1.93. The minimum atomic E-state index is -0.0741. The minimum Gasteiger partial charge on any atom is -0.489 e. The molecule has 1 aromatic carbocycles. The Bertz CT molecular complexity index is 537.